The fraction of sp³-hybridized carbons (Fsp3) is 0.250. The Hall–Kier alpha value is -2.64. The van der Waals surface area contributed by atoms with Crippen molar-refractivity contribution in [3.63, 3.8) is 0 Å². The first-order valence-electron chi connectivity index (χ1n) is 8.98. The van der Waals surface area contributed by atoms with Crippen molar-refractivity contribution in [2.75, 3.05) is 43.4 Å². The monoisotopic (exact) mass is 382 g/mol. The highest BCUT2D eigenvalue weighted by Gasteiger charge is 2.26. The number of sulfone groups is 1. The van der Waals surface area contributed by atoms with E-state index in [0.29, 0.717) is 16.6 Å². The van der Waals surface area contributed by atoms with Crippen LogP contribution >= 0.6 is 0 Å². The molecule has 1 aliphatic heterocycles. The van der Waals surface area contributed by atoms with E-state index in [-0.39, 0.29) is 9.79 Å². The number of para-hydroxylation sites is 1. The van der Waals surface area contributed by atoms with Gasteiger partial charge in [0.15, 0.2) is 0 Å². The minimum Gasteiger partial charge on any atom is -0.386 e. The Bertz CT molecular complexity index is 1060. The molecule has 4 rings (SSSR count). The van der Waals surface area contributed by atoms with Crippen LogP contribution in [-0.4, -0.2) is 46.6 Å². The van der Waals surface area contributed by atoms with Gasteiger partial charge in [0.25, 0.3) is 0 Å². The van der Waals surface area contributed by atoms with Gasteiger partial charge in [0.1, 0.15) is 4.90 Å². The number of piperazine rings is 1. The second-order valence-electron chi connectivity index (χ2n) is 6.48. The molecular formula is C20H22N4O2S. The van der Waals surface area contributed by atoms with Crippen molar-refractivity contribution in [1.29, 1.82) is 0 Å². The summed E-state index contributed by atoms with van der Waals surface area (Å²) in [5.41, 5.74) is 2.19. The first kappa shape index (κ1) is 17.8. The predicted octanol–water partition coefficient (Wildman–Crippen LogP) is 2.52. The Labute approximate surface area is 159 Å². The van der Waals surface area contributed by atoms with Gasteiger partial charge in [0, 0.05) is 38.6 Å². The lowest BCUT2D eigenvalue weighted by Gasteiger charge is -2.30. The first-order valence-corrected chi connectivity index (χ1v) is 10.5. The number of rotatable bonds is 4. The molecule has 0 amide bonds. The molecule has 1 aliphatic rings. The lowest BCUT2D eigenvalue weighted by atomic mass is 10.1. The maximum atomic E-state index is 13.4. The topological polar surface area (TPSA) is 74.3 Å². The summed E-state index contributed by atoms with van der Waals surface area (Å²) in [6, 6.07) is 14.3. The molecule has 2 aromatic carbocycles. The van der Waals surface area contributed by atoms with E-state index in [0.717, 1.165) is 31.9 Å². The van der Waals surface area contributed by atoms with E-state index >= 15 is 0 Å². The van der Waals surface area contributed by atoms with Crippen LogP contribution in [0.5, 0.6) is 0 Å². The average Bonchev–Trinajstić information content (AvgIpc) is 2.73. The fourth-order valence-electron chi connectivity index (χ4n) is 3.53. The zero-order valence-electron chi connectivity index (χ0n) is 15.1. The van der Waals surface area contributed by atoms with Crippen molar-refractivity contribution < 1.29 is 8.42 Å². The number of benzene rings is 2. The molecule has 0 spiro atoms. The molecule has 1 fully saturated rings. The van der Waals surface area contributed by atoms with Crippen LogP contribution in [-0.2, 0) is 9.84 Å². The van der Waals surface area contributed by atoms with Crippen molar-refractivity contribution >= 4 is 32.1 Å². The molecule has 3 aromatic rings. The molecule has 0 atom stereocenters. The Balaban J connectivity index is 1.97. The maximum absolute atomic E-state index is 13.4. The minimum atomic E-state index is -3.69. The van der Waals surface area contributed by atoms with E-state index in [1.165, 1.54) is 0 Å². The van der Waals surface area contributed by atoms with Crippen molar-refractivity contribution in [3.8, 4) is 0 Å². The minimum absolute atomic E-state index is 0.276. The second-order valence-corrected chi connectivity index (χ2v) is 8.36. The first-order chi connectivity index (χ1) is 13.1. The molecule has 0 saturated carbocycles. The van der Waals surface area contributed by atoms with Gasteiger partial charge >= 0.3 is 0 Å². The molecule has 6 nitrogen and oxygen atoms in total. The maximum Gasteiger partial charge on any atom is 0.209 e. The Morgan fingerprint density at radius 2 is 1.78 bits per heavy atom. The van der Waals surface area contributed by atoms with Crippen LogP contribution in [0.2, 0.25) is 0 Å². The van der Waals surface area contributed by atoms with Crippen LogP contribution in [0.1, 0.15) is 0 Å². The standard InChI is InChI=1S/C20H22N4O2S/c1-21-17-14-23-19-16(8-5-9-18(19)24-12-10-22-11-13-24)20(17)27(25,26)15-6-3-2-4-7-15/h2-9,14,21-22H,10-13H2,1H3. The van der Waals surface area contributed by atoms with Crippen LogP contribution < -0.4 is 15.5 Å². The Morgan fingerprint density at radius 3 is 2.48 bits per heavy atom. The third-order valence-electron chi connectivity index (χ3n) is 4.88. The smallest absolute Gasteiger partial charge is 0.209 e. The molecule has 7 heteroatoms. The molecule has 2 heterocycles. The second kappa shape index (κ2) is 7.17. The number of nitrogens with zero attached hydrogens (tertiary/aromatic N) is 2. The number of pyridine rings is 1. The molecule has 2 N–H and O–H groups in total. The molecule has 0 unspecified atom stereocenters. The number of nitrogens with one attached hydrogen (secondary N) is 2. The number of aromatic nitrogens is 1. The van der Waals surface area contributed by atoms with Gasteiger partial charge in [-0.25, -0.2) is 8.42 Å². The highest BCUT2D eigenvalue weighted by Crippen LogP contribution is 2.36. The average molecular weight is 382 g/mol. The van der Waals surface area contributed by atoms with Gasteiger partial charge in [0.05, 0.1) is 28.0 Å². The third-order valence-corrected chi connectivity index (χ3v) is 6.75. The van der Waals surface area contributed by atoms with Crippen molar-refractivity contribution in [2.24, 2.45) is 0 Å². The Kier molecular flexibility index (Phi) is 4.72. The highest BCUT2D eigenvalue weighted by atomic mass is 32.2. The molecular weight excluding hydrogens is 360 g/mol. The zero-order chi connectivity index (χ0) is 18.9. The molecule has 0 aliphatic carbocycles. The lowest BCUT2D eigenvalue weighted by molar-refractivity contribution is 0.590. The number of anilines is 2. The predicted molar refractivity (Wildman–Crippen MR) is 108 cm³/mol. The Morgan fingerprint density at radius 1 is 1.04 bits per heavy atom. The lowest BCUT2D eigenvalue weighted by Crippen LogP contribution is -2.43. The van der Waals surface area contributed by atoms with Gasteiger partial charge in [-0.15, -0.1) is 0 Å². The van der Waals surface area contributed by atoms with Gasteiger partial charge in [-0.2, -0.15) is 0 Å². The summed E-state index contributed by atoms with van der Waals surface area (Å²) in [6.45, 7) is 3.55. The van der Waals surface area contributed by atoms with Gasteiger partial charge < -0.3 is 15.5 Å². The largest absolute Gasteiger partial charge is 0.386 e. The summed E-state index contributed by atoms with van der Waals surface area (Å²) in [4.78, 5) is 7.42. The zero-order valence-corrected chi connectivity index (χ0v) is 16.0. The van der Waals surface area contributed by atoms with Crippen molar-refractivity contribution in [2.45, 2.75) is 9.79 Å². The van der Waals surface area contributed by atoms with E-state index in [2.05, 4.69) is 20.5 Å². The molecule has 140 valence electrons. The molecule has 27 heavy (non-hydrogen) atoms. The SMILES string of the molecule is CNc1cnc2c(N3CCNCC3)cccc2c1S(=O)(=O)c1ccccc1. The molecule has 0 radical (unpaired) electrons. The van der Waals surface area contributed by atoms with Crippen molar-refractivity contribution in [1.82, 2.24) is 10.3 Å². The van der Waals surface area contributed by atoms with Crippen LogP contribution in [0.3, 0.4) is 0 Å². The summed E-state index contributed by atoms with van der Waals surface area (Å²) >= 11 is 0. The summed E-state index contributed by atoms with van der Waals surface area (Å²) in [7, 11) is -1.97. The molecule has 0 bridgehead atoms. The van der Waals surface area contributed by atoms with Gasteiger partial charge in [0.2, 0.25) is 9.84 Å². The number of hydrogen-bond acceptors (Lipinski definition) is 6. The van der Waals surface area contributed by atoms with Crippen molar-refractivity contribution in [3.05, 3.63) is 54.7 Å². The van der Waals surface area contributed by atoms with E-state index < -0.39 is 9.84 Å². The van der Waals surface area contributed by atoms with Crippen LogP contribution in [0.4, 0.5) is 11.4 Å². The summed E-state index contributed by atoms with van der Waals surface area (Å²) in [5.74, 6) is 0. The summed E-state index contributed by atoms with van der Waals surface area (Å²) < 4.78 is 26.8. The summed E-state index contributed by atoms with van der Waals surface area (Å²) in [6.07, 6.45) is 1.61. The normalized spacial score (nSPS) is 15.1. The number of fused-ring (bicyclic) bond motifs is 1. The van der Waals surface area contributed by atoms with Crippen LogP contribution in [0.25, 0.3) is 10.9 Å². The molecule has 1 saturated heterocycles. The number of hydrogen-bond donors (Lipinski definition) is 2. The van der Waals surface area contributed by atoms with Gasteiger partial charge in [-0.05, 0) is 18.2 Å². The highest BCUT2D eigenvalue weighted by molar-refractivity contribution is 7.92. The quantitative estimate of drug-likeness (QED) is 0.722. The van der Waals surface area contributed by atoms with E-state index in [1.807, 2.05) is 24.3 Å². The third kappa shape index (κ3) is 3.13. The summed E-state index contributed by atoms with van der Waals surface area (Å²) in [5, 5.41) is 6.98. The van der Waals surface area contributed by atoms with E-state index in [1.54, 1.807) is 37.5 Å². The van der Waals surface area contributed by atoms with Crippen LogP contribution in [0.15, 0.2) is 64.5 Å². The van der Waals surface area contributed by atoms with E-state index in [4.69, 9.17) is 0 Å². The van der Waals surface area contributed by atoms with Gasteiger partial charge in [-0.1, -0.05) is 30.3 Å². The van der Waals surface area contributed by atoms with E-state index in [9.17, 15) is 8.42 Å². The molecule has 1 aromatic heterocycles. The van der Waals surface area contributed by atoms with Crippen LogP contribution in [0, 0.1) is 0 Å². The fourth-order valence-corrected chi connectivity index (χ4v) is 5.18. The van der Waals surface area contributed by atoms with Gasteiger partial charge in [-0.3, -0.25) is 4.98 Å².